The number of anilines is 2. The van der Waals surface area contributed by atoms with Crippen molar-refractivity contribution < 1.29 is 8.42 Å². The summed E-state index contributed by atoms with van der Waals surface area (Å²) < 4.78 is 27.4. The number of nitrogens with two attached hydrogens (primary N) is 1. The van der Waals surface area contributed by atoms with Crippen molar-refractivity contribution in [1.29, 1.82) is 0 Å². The van der Waals surface area contributed by atoms with E-state index in [-0.39, 0.29) is 4.90 Å². The monoisotopic (exact) mass is 308 g/mol. The van der Waals surface area contributed by atoms with Crippen LogP contribution in [-0.4, -0.2) is 14.7 Å². The highest BCUT2D eigenvalue weighted by atomic mass is 32.2. The van der Waals surface area contributed by atoms with E-state index < -0.39 is 10.0 Å². The van der Waals surface area contributed by atoms with Gasteiger partial charge in [-0.1, -0.05) is 12.1 Å². The molecule has 0 heterocycles. The Kier molecular flexibility index (Phi) is 4.25. The average Bonchev–Trinajstić information content (AvgIpc) is 2.38. The number of nitrogen functional groups attached to an aromatic ring is 1. The fourth-order valence-electron chi connectivity index (χ4n) is 1.86. The molecule has 2 aromatic rings. The van der Waals surface area contributed by atoms with E-state index in [0.717, 1.165) is 10.5 Å². The van der Waals surface area contributed by atoms with E-state index in [4.69, 9.17) is 5.73 Å². The summed E-state index contributed by atoms with van der Waals surface area (Å²) in [6, 6.07) is 12.1. The fourth-order valence-corrected chi connectivity index (χ4v) is 3.70. The van der Waals surface area contributed by atoms with Crippen LogP contribution in [0.4, 0.5) is 11.4 Å². The maximum absolute atomic E-state index is 12.4. The van der Waals surface area contributed by atoms with Crippen molar-refractivity contribution in [2.24, 2.45) is 0 Å². The number of rotatable bonds is 4. The number of aryl methyl sites for hydroxylation is 1. The normalized spacial score (nSPS) is 11.3. The summed E-state index contributed by atoms with van der Waals surface area (Å²) in [7, 11) is -3.63. The molecule has 0 fully saturated rings. The van der Waals surface area contributed by atoms with Gasteiger partial charge in [-0.3, -0.25) is 4.72 Å². The molecule has 0 aliphatic carbocycles. The Hall–Kier alpha value is -1.66. The third kappa shape index (κ3) is 3.26. The summed E-state index contributed by atoms with van der Waals surface area (Å²) in [6.45, 7) is 1.81. The zero-order valence-electron chi connectivity index (χ0n) is 11.3. The summed E-state index contributed by atoms with van der Waals surface area (Å²) in [5.41, 5.74) is 7.52. The Morgan fingerprint density at radius 3 is 2.50 bits per heavy atom. The van der Waals surface area contributed by atoms with Crippen LogP contribution in [0.1, 0.15) is 5.56 Å². The summed E-state index contributed by atoms with van der Waals surface area (Å²) >= 11 is 1.49. The average molecular weight is 308 g/mol. The van der Waals surface area contributed by atoms with E-state index >= 15 is 0 Å². The number of para-hydroxylation sites is 1. The van der Waals surface area contributed by atoms with Crippen LogP contribution >= 0.6 is 11.8 Å². The minimum Gasteiger partial charge on any atom is -0.399 e. The lowest BCUT2D eigenvalue weighted by Crippen LogP contribution is -2.14. The first-order chi connectivity index (χ1) is 9.42. The fraction of sp³-hybridized carbons (Fsp3) is 0.143. The predicted octanol–water partition coefficient (Wildman–Crippen LogP) is 3.10. The number of hydrogen-bond donors (Lipinski definition) is 2. The van der Waals surface area contributed by atoms with E-state index in [1.807, 2.05) is 25.3 Å². The van der Waals surface area contributed by atoms with E-state index in [2.05, 4.69) is 4.72 Å². The van der Waals surface area contributed by atoms with Gasteiger partial charge in [-0.15, -0.1) is 11.8 Å². The van der Waals surface area contributed by atoms with Gasteiger partial charge in [-0.25, -0.2) is 8.42 Å². The molecule has 0 radical (unpaired) electrons. The largest absolute Gasteiger partial charge is 0.399 e. The van der Waals surface area contributed by atoms with E-state index in [0.29, 0.717) is 11.4 Å². The van der Waals surface area contributed by atoms with Crippen molar-refractivity contribution >= 4 is 33.2 Å². The third-order valence-corrected chi connectivity index (χ3v) is 4.88. The smallest absolute Gasteiger partial charge is 0.262 e. The molecule has 3 N–H and O–H groups in total. The second-order valence-corrected chi connectivity index (χ2v) is 6.92. The molecule has 6 heteroatoms. The van der Waals surface area contributed by atoms with Crippen molar-refractivity contribution in [3.05, 3.63) is 48.0 Å². The van der Waals surface area contributed by atoms with Crippen molar-refractivity contribution in [2.45, 2.75) is 16.7 Å². The first kappa shape index (κ1) is 14.7. The van der Waals surface area contributed by atoms with Crippen LogP contribution < -0.4 is 10.5 Å². The number of benzene rings is 2. The molecule has 0 bridgehead atoms. The van der Waals surface area contributed by atoms with Gasteiger partial charge in [-0.2, -0.15) is 0 Å². The Balaban J connectivity index is 2.41. The lowest BCUT2D eigenvalue weighted by molar-refractivity contribution is 0.601. The molecule has 0 atom stereocenters. The Bertz CT molecular complexity index is 707. The van der Waals surface area contributed by atoms with Gasteiger partial charge in [-0.05, 0) is 49.1 Å². The number of hydrogen-bond acceptors (Lipinski definition) is 4. The van der Waals surface area contributed by atoms with Crippen LogP contribution in [0.5, 0.6) is 0 Å². The number of thioether (sulfide) groups is 1. The van der Waals surface area contributed by atoms with Crippen molar-refractivity contribution in [1.82, 2.24) is 0 Å². The molecular weight excluding hydrogens is 292 g/mol. The van der Waals surface area contributed by atoms with Crippen LogP contribution in [0.2, 0.25) is 0 Å². The molecule has 4 nitrogen and oxygen atoms in total. The summed E-state index contributed by atoms with van der Waals surface area (Å²) in [5, 5.41) is 0. The first-order valence-electron chi connectivity index (χ1n) is 5.95. The molecule has 0 spiro atoms. The molecule has 0 saturated carbocycles. The quantitative estimate of drug-likeness (QED) is 0.672. The molecule has 0 aliphatic rings. The van der Waals surface area contributed by atoms with Gasteiger partial charge >= 0.3 is 0 Å². The molecule has 2 aromatic carbocycles. The topological polar surface area (TPSA) is 72.2 Å². The van der Waals surface area contributed by atoms with Gasteiger partial charge in [0.1, 0.15) is 0 Å². The molecule has 106 valence electrons. The van der Waals surface area contributed by atoms with Crippen molar-refractivity contribution in [3.8, 4) is 0 Å². The molecule has 0 aromatic heterocycles. The lowest BCUT2D eigenvalue weighted by atomic mass is 10.2. The molecular formula is C14H16N2O2S2. The van der Waals surface area contributed by atoms with Crippen LogP contribution in [0, 0.1) is 6.92 Å². The van der Waals surface area contributed by atoms with Crippen LogP contribution in [0.15, 0.2) is 52.3 Å². The lowest BCUT2D eigenvalue weighted by Gasteiger charge is -2.12. The van der Waals surface area contributed by atoms with Crippen molar-refractivity contribution in [3.63, 3.8) is 0 Å². The van der Waals surface area contributed by atoms with Gasteiger partial charge in [0.2, 0.25) is 0 Å². The molecule has 0 aliphatic heterocycles. The highest BCUT2D eigenvalue weighted by Crippen LogP contribution is 2.27. The van der Waals surface area contributed by atoms with E-state index in [1.165, 1.54) is 17.8 Å². The molecule has 0 amide bonds. The van der Waals surface area contributed by atoms with E-state index in [1.54, 1.807) is 24.3 Å². The maximum atomic E-state index is 12.4. The first-order valence-corrected chi connectivity index (χ1v) is 8.66. The van der Waals surface area contributed by atoms with Gasteiger partial charge in [0.25, 0.3) is 10.0 Å². The summed E-state index contributed by atoms with van der Waals surface area (Å²) in [4.78, 5) is 1.04. The van der Waals surface area contributed by atoms with Crippen LogP contribution in [0.3, 0.4) is 0 Å². The van der Waals surface area contributed by atoms with Gasteiger partial charge in [0.05, 0.1) is 10.6 Å². The molecule has 20 heavy (non-hydrogen) atoms. The molecule has 2 rings (SSSR count). The zero-order valence-corrected chi connectivity index (χ0v) is 12.9. The highest BCUT2D eigenvalue weighted by Gasteiger charge is 2.16. The minimum absolute atomic E-state index is 0.172. The zero-order chi connectivity index (χ0) is 14.8. The summed E-state index contributed by atoms with van der Waals surface area (Å²) in [6.07, 6.45) is 1.90. The van der Waals surface area contributed by atoms with Crippen LogP contribution in [-0.2, 0) is 10.0 Å². The Labute approximate surface area is 123 Å². The predicted molar refractivity (Wildman–Crippen MR) is 84.6 cm³/mol. The molecule has 0 saturated heterocycles. The van der Waals surface area contributed by atoms with Gasteiger partial charge in [0, 0.05) is 10.6 Å². The third-order valence-electron chi connectivity index (χ3n) is 2.73. The SMILES string of the molecule is CSc1ccccc1NS(=O)(=O)c1cc(C)cc(N)c1. The van der Waals surface area contributed by atoms with Gasteiger partial charge < -0.3 is 5.73 Å². The molecule has 0 unspecified atom stereocenters. The Morgan fingerprint density at radius 2 is 1.85 bits per heavy atom. The standard InChI is InChI=1S/C14H16N2O2S2/c1-10-7-11(15)9-12(8-10)20(17,18)16-13-5-3-4-6-14(13)19-2/h3-9,16H,15H2,1-2H3. The number of nitrogens with one attached hydrogen (secondary N) is 1. The van der Waals surface area contributed by atoms with E-state index in [9.17, 15) is 8.42 Å². The Morgan fingerprint density at radius 1 is 1.15 bits per heavy atom. The van der Waals surface area contributed by atoms with Gasteiger partial charge in [0.15, 0.2) is 0 Å². The minimum atomic E-state index is -3.63. The second kappa shape index (κ2) is 5.76. The number of sulfonamides is 1. The maximum Gasteiger partial charge on any atom is 0.262 e. The van der Waals surface area contributed by atoms with Crippen LogP contribution in [0.25, 0.3) is 0 Å². The summed E-state index contributed by atoms with van der Waals surface area (Å²) in [5.74, 6) is 0. The second-order valence-electron chi connectivity index (χ2n) is 4.39. The highest BCUT2D eigenvalue weighted by molar-refractivity contribution is 7.99. The van der Waals surface area contributed by atoms with Crippen molar-refractivity contribution in [2.75, 3.05) is 16.7 Å².